The molecule has 0 saturated carbocycles. The van der Waals surface area contributed by atoms with E-state index < -0.39 is 49.0 Å². The topological polar surface area (TPSA) is 147 Å². The molecule has 2 aromatic rings. The van der Waals surface area contributed by atoms with Crippen molar-refractivity contribution in [3.8, 4) is 0 Å². The van der Waals surface area contributed by atoms with E-state index in [1.807, 2.05) is 0 Å². The van der Waals surface area contributed by atoms with Gasteiger partial charge in [0.25, 0.3) is 5.69 Å². The highest BCUT2D eigenvalue weighted by atomic mass is 32.2. The first kappa shape index (κ1) is 21.4. The van der Waals surface area contributed by atoms with Crippen LogP contribution < -0.4 is 4.72 Å². The summed E-state index contributed by atoms with van der Waals surface area (Å²) in [5.41, 5.74) is -1.62. The maximum Gasteiger partial charge on any atom is 0.326 e. The molecule has 2 atom stereocenters. The van der Waals surface area contributed by atoms with E-state index in [-0.39, 0.29) is 13.0 Å². The number of aliphatic carboxylic acids is 1. The normalized spacial score (nSPS) is 19.8. The number of nitro groups is 1. The molecule has 0 unspecified atom stereocenters. The fraction of sp³-hybridized carbons (Fsp3) is 0.263. The molecule has 3 rings (SSSR count). The number of nitro benzene ring substituents is 1. The Morgan fingerprint density at radius 2 is 1.83 bits per heavy atom. The molecule has 0 aromatic heterocycles. The molecule has 1 aliphatic rings. The van der Waals surface area contributed by atoms with Crippen molar-refractivity contribution in [3.05, 3.63) is 70.3 Å². The van der Waals surface area contributed by atoms with Gasteiger partial charge in [-0.2, -0.15) is 4.72 Å². The Morgan fingerprint density at radius 1 is 1.23 bits per heavy atom. The number of carboxylic acid groups (broad SMARTS) is 1. The average molecular weight is 433 g/mol. The van der Waals surface area contributed by atoms with Crippen LogP contribution in [0, 0.1) is 10.1 Å². The predicted molar refractivity (Wildman–Crippen MR) is 105 cm³/mol. The number of β-lactam (4-membered cyclic amide) rings is 1. The van der Waals surface area contributed by atoms with Crippen LogP contribution in [0.1, 0.15) is 12.5 Å². The summed E-state index contributed by atoms with van der Waals surface area (Å²) in [7, 11) is -4.46. The highest BCUT2D eigenvalue weighted by Crippen LogP contribution is 2.32. The highest BCUT2D eigenvalue weighted by Gasteiger charge is 2.57. The molecule has 0 bridgehead atoms. The lowest BCUT2D eigenvalue weighted by Crippen LogP contribution is -2.77. The molecule has 30 heavy (non-hydrogen) atoms. The van der Waals surface area contributed by atoms with Gasteiger partial charge in [0.15, 0.2) is 4.90 Å². The summed E-state index contributed by atoms with van der Waals surface area (Å²) in [5.74, 6) is -1.93. The molecular formula is C19H19N3O7S. The zero-order valence-electron chi connectivity index (χ0n) is 15.9. The molecular weight excluding hydrogens is 414 g/mol. The van der Waals surface area contributed by atoms with Crippen LogP contribution in [0.2, 0.25) is 0 Å². The number of hydrogen-bond donors (Lipinski definition) is 2. The number of likely N-dealkylation sites (tertiary alicyclic amines) is 1. The minimum atomic E-state index is -4.46. The number of nitrogens with one attached hydrogen (secondary N) is 1. The summed E-state index contributed by atoms with van der Waals surface area (Å²) in [6.07, 6.45) is -0.0324. The van der Waals surface area contributed by atoms with Gasteiger partial charge in [-0.1, -0.05) is 42.5 Å². The van der Waals surface area contributed by atoms with Gasteiger partial charge in [0.1, 0.15) is 11.6 Å². The first-order chi connectivity index (χ1) is 14.1. The van der Waals surface area contributed by atoms with Gasteiger partial charge in [0.05, 0.1) is 11.5 Å². The number of carbonyl (C=O) groups excluding carboxylic acids is 1. The maximum atomic E-state index is 13.0. The summed E-state index contributed by atoms with van der Waals surface area (Å²) < 4.78 is 28.3. The Morgan fingerprint density at radius 3 is 2.40 bits per heavy atom. The van der Waals surface area contributed by atoms with Crippen LogP contribution in [0.3, 0.4) is 0 Å². The molecule has 1 saturated heterocycles. The van der Waals surface area contributed by atoms with Gasteiger partial charge < -0.3 is 10.0 Å². The van der Waals surface area contributed by atoms with Crippen molar-refractivity contribution < 1.29 is 28.0 Å². The Hall–Kier alpha value is -3.31. The van der Waals surface area contributed by atoms with Gasteiger partial charge in [0.2, 0.25) is 15.9 Å². The second-order valence-corrected chi connectivity index (χ2v) is 8.67. The molecule has 1 fully saturated rings. The molecule has 11 heteroatoms. The lowest BCUT2D eigenvalue weighted by atomic mass is 9.82. The fourth-order valence-electron chi connectivity index (χ4n) is 3.40. The van der Waals surface area contributed by atoms with Crippen molar-refractivity contribution in [2.75, 3.05) is 6.54 Å². The Kier molecular flexibility index (Phi) is 5.59. The number of carbonyl (C=O) groups is 2. The van der Waals surface area contributed by atoms with Gasteiger partial charge in [-0.25, -0.2) is 13.2 Å². The van der Waals surface area contributed by atoms with Gasteiger partial charge in [0, 0.05) is 12.5 Å². The number of sulfonamides is 1. The maximum absolute atomic E-state index is 13.0. The summed E-state index contributed by atoms with van der Waals surface area (Å²) in [4.78, 5) is 35.2. The molecule has 0 spiro atoms. The van der Waals surface area contributed by atoms with Crippen molar-refractivity contribution in [2.24, 2.45) is 0 Å². The van der Waals surface area contributed by atoms with Crippen molar-refractivity contribution in [1.29, 1.82) is 0 Å². The molecule has 2 N–H and O–H groups in total. The third-order valence-electron chi connectivity index (χ3n) is 4.97. The summed E-state index contributed by atoms with van der Waals surface area (Å²) in [6.45, 7) is 1.14. The van der Waals surface area contributed by atoms with Crippen LogP contribution >= 0.6 is 0 Å². The number of rotatable bonds is 8. The van der Waals surface area contributed by atoms with Crippen molar-refractivity contribution in [2.45, 2.75) is 29.8 Å². The summed E-state index contributed by atoms with van der Waals surface area (Å²) in [5, 5.41) is 20.5. The van der Waals surface area contributed by atoms with Gasteiger partial charge >= 0.3 is 5.97 Å². The van der Waals surface area contributed by atoms with E-state index in [0.29, 0.717) is 5.56 Å². The Bertz CT molecular complexity index is 1100. The van der Waals surface area contributed by atoms with E-state index in [1.54, 1.807) is 30.3 Å². The van der Waals surface area contributed by atoms with E-state index in [9.17, 15) is 33.2 Å². The number of hydrogen-bond acceptors (Lipinski definition) is 6. The van der Waals surface area contributed by atoms with Crippen molar-refractivity contribution in [3.63, 3.8) is 0 Å². The second kappa shape index (κ2) is 7.84. The van der Waals surface area contributed by atoms with Crippen molar-refractivity contribution >= 4 is 27.6 Å². The summed E-state index contributed by atoms with van der Waals surface area (Å²) in [6, 6.07) is 12.3. The number of carboxylic acids is 1. The molecule has 1 amide bonds. The summed E-state index contributed by atoms with van der Waals surface area (Å²) >= 11 is 0. The molecule has 158 valence electrons. The van der Waals surface area contributed by atoms with E-state index in [4.69, 9.17) is 0 Å². The van der Waals surface area contributed by atoms with Crippen LogP contribution in [0.15, 0.2) is 59.5 Å². The smallest absolute Gasteiger partial charge is 0.326 e. The Labute approximate surface area is 172 Å². The lowest BCUT2D eigenvalue weighted by molar-refractivity contribution is -0.387. The number of para-hydroxylation sites is 1. The van der Waals surface area contributed by atoms with Gasteiger partial charge in [-0.3, -0.25) is 14.9 Å². The average Bonchev–Trinajstić information content (AvgIpc) is 2.71. The minimum absolute atomic E-state index is 0.0324. The minimum Gasteiger partial charge on any atom is -0.480 e. The fourth-order valence-corrected chi connectivity index (χ4v) is 4.92. The van der Waals surface area contributed by atoms with E-state index >= 15 is 0 Å². The second-order valence-electron chi connectivity index (χ2n) is 7.02. The van der Waals surface area contributed by atoms with E-state index in [1.165, 1.54) is 19.1 Å². The lowest BCUT2D eigenvalue weighted by Gasteiger charge is -2.50. The van der Waals surface area contributed by atoms with Crippen LogP contribution in [0.25, 0.3) is 0 Å². The molecule has 1 heterocycles. The third kappa shape index (κ3) is 3.89. The first-order valence-electron chi connectivity index (χ1n) is 8.92. The van der Waals surface area contributed by atoms with Crippen LogP contribution in [0.4, 0.5) is 5.69 Å². The SMILES string of the molecule is C[C@@H](C(=O)O)N1C[C@@](Cc2ccccc2)(NS(=O)(=O)c2ccccc2[N+](=O)[O-])C1=O. The first-order valence-corrected chi connectivity index (χ1v) is 10.4. The van der Waals surface area contributed by atoms with Gasteiger partial charge in [-0.05, 0) is 18.6 Å². The molecule has 2 aromatic carbocycles. The van der Waals surface area contributed by atoms with Crippen LogP contribution in [0.5, 0.6) is 0 Å². The number of nitrogens with zero attached hydrogens (tertiary/aromatic N) is 2. The van der Waals surface area contributed by atoms with Crippen LogP contribution in [-0.2, 0) is 26.0 Å². The zero-order chi connectivity index (χ0) is 22.1. The van der Waals surface area contributed by atoms with E-state index in [2.05, 4.69) is 4.72 Å². The third-order valence-corrected chi connectivity index (χ3v) is 6.55. The molecule has 1 aliphatic heterocycles. The number of benzene rings is 2. The van der Waals surface area contributed by atoms with Crippen molar-refractivity contribution in [1.82, 2.24) is 9.62 Å². The monoisotopic (exact) mass is 433 g/mol. The van der Waals surface area contributed by atoms with Gasteiger partial charge in [-0.15, -0.1) is 0 Å². The largest absolute Gasteiger partial charge is 0.480 e. The number of amides is 1. The standard InChI is InChI=1S/C19H19N3O7S/c1-13(17(23)24)21-12-19(18(21)25,11-14-7-3-2-4-8-14)20-30(28,29)16-10-6-5-9-15(16)22(26)27/h2-10,13,20H,11-12H2,1H3,(H,23,24)/t13-,19+/m0/s1. The quantitative estimate of drug-likeness (QED) is 0.361. The molecule has 0 aliphatic carbocycles. The highest BCUT2D eigenvalue weighted by molar-refractivity contribution is 7.89. The predicted octanol–water partition coefficient (Wildman–Crippen LogP) is 1.17. The zero-order valence-corrected chi connectivity index (χ0v) is 16.7. The van der Waals surface area contributed by atoms with Crippen LogP contribution in [-0.4, -0.2) is 53.3 Å². The Balaban J connectivity index is 1.99. The molecule has 10 nitrogen and oxygen atoms in total. The van der Waals surface area contributed by atoms with E-state index in [0.717, 1.165) is 17.0 Å². The molecule has 0 radical (unpaired) electrons.